The van der Waals surface area contributed by atoms with Crippen molar-refractivity contribution in [2.75, 3.05) is 11.1 Å². The summed E-state index contributed by atoms with van der Waals surface area (Å²) in [4.78, 5) is 12.1. The van der Waals surface area contributed by atoms with E-state index < -0.39 is 0 Å². The fourth-order valence-corrected chi connectivity index (χ4v) is 3.12. The zero-order chi connectivity index (χ0) is 18.5. The van der Waals surface area contributed by atoms with Crippen LogP contribution in [0.1, 0.15) is 13.8 Å². The van der Waals surface area contributed by atoms with Crippen molar-refractivity contribution >= 4 is 23.4 Å². The summed E-state index contributed by atoms with van der Waals surface area (Å²) in [7, 11) is 0. The van der Waals surface area contributed by atoms with E-state index in [-0.39, 0.29) is 17.5 Å². The van der Waals surface area contributed by atoms with E-state index in [1.807, 2.05) is 10.6 Å². The van der Waals surface area contributed by atoms with Crippen LogP contribution < -0.4 is 5.32 Å². The molecule has 0 atom stereocenters. The molecule has 0 aliphatic rings. The number of thioether (sulfide) groups is 1. The second-order valence-corrected chi connectivity index (χ2v) is 7.07. The van der Waals surface area contributed by atoms with Crippen LogP contribution in [0.2, 0.25) is 0 Å². The van der Waals surface area contributed by atoms with Gasteiger partial charge in [0.1, 0.15) is 5.82 Å². The molecule has 1 N–H and O–H groups in total. The van der Waals surface area contributed by atoms with Gasteiger partial charge < -0.3 is 9.73 Å². The Morgan fingerprint density at radius 2 is 2.04 bits per heavy atom. The van der Waals surface area contributed by atoms with Crippen LogP contribution in [0.15, 0.2) is 52.2 Å². The van der Waals surface area contributed by atoms with Gasteiger partial charge in [-0.15, -0.1) is 10.2 Å². The van der Waals surface area contributed by atoms with E-state index in [2.05, 4.69) is 29.4 Å². The van der Waals surface area contributed by atoms with Crippen LogP contribution in [-0.2, 0) is 11.3 Å². The minimum absolute atomic E-state index is 0.172. The predicted octanol–water partition coefficient (Wildman–Crippen LogP) is 4.06. The van der Waals surface area contributed by atoms with Gasteiger partial charge in [-0.1, -0.05) is 25.6 Å². The average Bonchev–Trinajstić information content (AvgIpc) is 3.24. The van der Waals surface area contributed by atoms with E-state index in [1.54, 1.807) is 12.3 Å². The molecule has 0 saturated carbocycles. The zero-order valence-corrected chi connectivity index (χ0v) is 15.3. The Labute approximate surface area is 154 Å². The molecule has 2 heterocycles. The molecule has 1 amide bonds. The molecule has 1 aromatic carbocycles. The number of anilines is 1. The van der Waals surface area contributed by atoms with Crippen molar-refractivity contribution in [3.63, 3.8) is 0 Å². The Morgan fingerprint density at radius 1 is 1.27 bits per heavy atom. The first-order valence-corrected chi connectivity index (χ1v) is 9.17. The number of carbonyl (C=O) groups is 1. The Morgan fingerprint density at radius 3 is 2.69 bits per heavy atom. The number of carbonyl (C=O) groups excluding carboxylic acids is 1. The third kappa shape index (κ3) is 4.51. The number of nitrogens with one attached hydrogen (secondary N) is 1. The number of amides is 1. The first kappa shape index (κ1) is 18.2. The molecule has 0 unspecified atom stereocenters. The summed E-state index contributed by atoms with van der Waals surface area (Å²) in [6, 6.07) is 9.28. The monoisotopic (exact) mass is 374 g/mol. The molecule has 0 aliphatic heterocycles. The molecule has 0 fully saturated rings. The van der Waals surface area contributed by atoms with Crippen LogP contribution in [0.4, 0.5) is 10.1 Å². The lowest BCUT2D eigenvalue weighted by Gasteiger charge is -2.11. The number of nitrogens with zero attached hydrogens (tertiary/aromatic N) is 3. The number of aromatic nitrogens is 3. The molecule has 0 radical (unpaired) electrons. The number of halogens is 1. The first-order chi connectivity index (χ1) is 12.5. The minimum atomic E-state index is -0.343. The van der Waals surface area contributed by atoms with Crippen molar-refractivity contribution in [1.82, 2.24) is 14.8 Å². The van der Waals surface area contributed by atoms with Gasteiger partial charge >= 0.3 is 0 Å². The maximum Gasteiger partial charge on any atom is 0.234 e. The lowest BCUT2D eigenvalue weighted by Crippen LogP contribution is -2.15. The fraction of sp³-hybridized carbons (Fsp3) is 0.278. The second kappa shape index (κ2) is 8.18. The van der Waals surface area contributed by atoms with E-state index in [0.29, 0.717) is 34.9 Å². The Bertz CT molecular complexity index is 860. The normalized spacial score (nSPS) is 11.1. The number of furan rings is 1. The molecule has 2 aromatic heterocycles. The molecule has 6 nitrogen and oxygen atoms in total. The van der Waals surface area contributed by atoms with E-state index in [0.717, 1.165) is 0 Å². The molecular weight excluding hydrogens is 355 g/mol. The molecule has 3 rings (SSSR count). The quantitative estimate of drug-likeness (QED) is 0.631. The number of rotatable bonds is 7. The fourth-order valence-electron chi connectivity index (χ4n) is 2.37. The highest BCUT2D eigenvalue weighted by Crippen LogP contribution is 2.25. The van der Waals surface area contributed by atoms with Gasteiger partial charge in [0.25, 0.3) is 0 Å². The molecule has 3 aromatic rings. The molecule has 0 spiro atoms. The number of hydrogen-bond donors (Lipinski definition) is 1. The van der Waals surface area contributed by atoms with E-state index in [4.69, 9.17) is 4.42 Å². The van der Waals surface area contributed by atoms with Gasteiger partial charge in [-0.3, -0.25) is 9.36 Å². The summed E-state index contributed by atoms with van der Waals surface area (Å²) in [5, 5.41) is 11.8. The minimum Gasteiger partial charge on any atom is -0.461 e. The second-order valence-electron chi connectivity index (χ2n) is 6.13. The highest BCUT2D eigenvalue weighted by atomic mass is 32.2. The van der Waals surface area contributed by atoms with Gasteiger partial charge in [-0.05, 0) is 42.3 Å². The lowest BCUT2D eigenvalue weighted by atomic mass is 10.2. The molecule has 136 valence electrons. The smallest absolute Gasteiger partial charge is 0.234 e. The average molecular weight is 374 g/mol. The largest absolute Gasteiger partial charge is 0.461 e. The van der Waals surface area contributed by atoms with Crippen LogP contribution in [-0.4, -0.2) is 26.4 Å². The van der Waals surface area contributed by atoms with Crippen molar-refractivity contribution < 1.29 is 13.6 Å². The van der Waals surface area contributed by atoms with Gasteiger partial charge in [-0.2, -0.15) is 0 Å². The summed E-state index contributed by atoms with van der Waals surface area (Å²) in [6.45, 7) is 4.91. The third-order valence-electron chi connectivity index (χ3n) is 3.47. The molecule has 0 bridgehead atoms. The summed E-state index contributed by atoms with van der Waals surface area (Å²) in [6.07, 6.45) is 1.59. The molecule has 26 heavy (non-hydrogen) atoms. The maximum absolute atomic E-state index is 12.9. The SMILES string of the molecule is CC(C)Cn1c(SCC(=O)Nc2ccc(F)cc2)nnc1-c1ccco1. The maximum atomic E-state index is 12.9. The Kier molecular flexibility index (Phi) is 5.72. The summed E-state index contributed by atoms with van der Waals surface area (Å²) in [5.41, 5.74) is 0.553. The Balaban J connectivity index is 1.69. The first-order valence-electron chi connectivity index (χ1n) is 8.18. The van der Waals surface area contributed by atoms with Crippen LogP contribution in [0.3, 0.4) is 0 Å². The zero-order valence-electron chi connectivity index (χ0n) is 14.5. The summed E-state index contributed by atoms with van der Waals surface area (Å²) < 4.78 is 20.3. The molecule has 0 aliphatic carbocycles. The van der Waals surface area contributed by atoms with Crippen molar-refractivity contribution in [3.8, 4) is 11.6 Å². The molecular formula is C18H19FN4O2S. The third-order valence-corrected chi connectivity index (χ3v) is 4.43. The van der Waals surface area contributed by atoms with Crippen molar-refractivity contribution in [2.24, 2.45) is 5.92 Å². The highest BCUT2D eigenvalue weighted by Gasteiger charge is 2.18. The lowest BCUT2D eigenvalue weighted by molar-refractivity contribution is -0.113. The van der Waals surface area contributed by atoms with Gasteiger partial charge in [0.15, 0.2) is 16.7 Å². The van der Waals surface area contributed by atoms with Crippen molar-refractivity contribution in [3.05, 3.63) is 48.5 Å². The summed E-state index contributed by atoms with van der Waals surface area (Å²) in [5.74, 6) is 1.30. The van der Waals surface area contributed by atoms with Crippen LogP contribution in [0.5, 0.6) is 0 Å². The van der Waals surface area contributed by atoms with E-state index >= 15 is 0 Å². The van der Waals surface area contributed by atoms with Gasteiger partial charge in [0, 0.05) is 12.2 Å². The highest BCUT2D eigenvalue weighted by molar-refractivity contribution is 7.99. The van der Waals surface area contributed by atoms with Gasteiger partial charge in [0.05, 0.1) is 12.0 Å². The standard InChI is InChI=1S/C18H19FN4O2S/c1-12(2)10-23-17(15-4-3-9-25-15)21-22-18(23)26-11-16(24)20-14-7-5-13(19)6-8-14/h3-9,12H,10-11H2,1-2H3,(H,20,24). The van der Waals surface area contributed by atoms with Crippen molar-refractivity contribution in [2.45, 2.75) is 25.5 Å². The Hall–Kier alpha value is -2.61. The van der Waals surface area contributed by atoms with Crippen molar-refractivity contribution in [1.29, 1.82) is 0 Å². The predicted molar refractivity (Wildman–Crippen MR) is 98.3 cm³/mol. The van der Waals surface area contributed by atoms with Crippen LogP contribution in [0.25, 0.3) is 11.6 Å². The number of benzene rings is 1. The van der Waals surface area contributed by atoms with Crippen LogP contribution >= 0.6 is 11.8 Å². The van der Waals surface area contributed by atoms with E-state index in [9.17, 15) is 9.18 Å². The number of hydrogen-bond acceptors (Lipinski definition) is 5. The van der Waals surface area contributed by atoms with Gasteiger partial charge in [0.2, 0.25) is 5.91 Å². The molecule has 0 saturated heterocycles. The van der Waals surface area contributed by atoms with Gasteiger partial charge in [-0.25, -0.2) is 4.39 Å². The molecule has 8 heteroatoms. The summed E-state index contributed by atoms with van der Waals surface area (Å²) >= 11 is 1.30. The van der Waals surface area contributed by atoms with E-state index in [1.165, 1.54) is 36.0 Å². The topological polar surface area (TPSA) is 73.0 Å². The van der Waals surface area contributed by atoms with Crippen LogP contribution in [0, 0.1) is 11.7 Å².